The summed E-state index contributed by atoms with van der Waals surface area (Å²) in [6, 6.07) is 19.4. The molecule has 6 nitrogen and oxygen atoms in total. The SMILES string of the molecule is NC(=O)C(NC(=O)Nc1ccc2[nH]ccc2c1)c1ccc2ccccc2c1. The van der Waals surface area contributed by atoms with E-state index in [1.807, 2.05) is 60.8 Å². The van der Waals surface area contributed by atoms with E-state index in [4.69, 9.17) is 5.73 Å². The van der Waals surface area contributed by atoms with E-state index in [2.05, 4.69) is 15.6 Å². The molecule has 1 heterocycles. The molecule has 0 bridgehead atoms. The number of anilines is 1. The van der Waals surface area contributed by atoms with Gasteiger partial charge in [-0.3, -0.25) is 4.79 Å². The van der Waals surface area contributed by atoms with E-state index in [0.717, 1.165) is 21.7 Å². The van der Waals surface area contributed by atoms with E-state index in [-0.39, 0.29) is 0 Å². The molecule has 0 aliphatic heterocycles. The first kappa shape index (κ1) is 16.7. The maximum atomic E-state index is 12.4. The van der Waals surface area contributed by atoms with Crippen LogP contribution in [0.4, 0.5) is 10.5 Å². The summed E-state index contributed by atoms with van der Waals surface area (Å²) >= 11 is 0. The molecule has 0 saturated heterocycles. The van der Waals surface area contributed by atoms with Crippen LogP contribution in [0, 0.1) is 0 Å². The third kappa shape index (κ3) is 3.46. The molecule has 1 atom stereocenters. The molecule has 1 unspecified atom stereocenters. The van der Waals surface area contributed by atoms with Crippen molar-refractivity contribution in [3.8, 4) is 0 Å². The minimum atomic E-state index is -0.925. The summed E-state index contributed by atoms with van der Waals surface area (Å²) in [5.74, 6) is -0.624. The minimum absolute atomic E-state index is 0.498. The Kier molecular flexibility index (Phi) is 4.22. The smallest absolute Gasteiger partial charge is 0.320 e. The summed E-state index contributed by atoms with van der Waals surface area (Å²) in [7, 11) is 0. The number of aromatic nitrogens is 1. The van der Waals surface area contributed by atoms with Crippen molar-refractivity contribution in [2.75, 3.05) is 5.32 Å². The minimum Gasteiger partial charge on any atom is -0.368 e. The first-order chi connectivity index (χ1) is 13.1. The Hall–Kier alpha value is -3.80. The number of nitrogens with one attached hydrogen (secondary N) is 3. The number of amides is 3. The Morgan fingerprint density at radius 1 is 0.889 bits per heavy atom. The van der Waals surface area contributed by atoms with Gasteiger partial charge >= 0.3 is 6.03 Å². The lowest BCUT2D eigenvalue weighted by atomic mass is 10.0. The molecule has 4 rings (SSSR count). The number of benzene rings is 3. The molecule has 6 heteroatoms. The predicted molar refractivity (Wildman–Crippen MR) is 106 cm³/mol. The van der Waals surface area contributed by atoms with Gasteiger partial charge in [-0.25, -0.2) is 4.79 Å². The van der Waals surface area contributed by atoms with Gasteiger partial charge in [-0.1, -0.05) is 36.4 Å². The highest BCUT2D eigenvalue weighted by molar-refractivity contribution is 5.96. The topological polar surface area (TPSA) is 100 Å². The largest absolute Gasteiger partial charge is 0.368 e. The van der Waals surface area contributed by atoms with Crippen LogP contribution in [0.3, 0.4) is 0 Å². The molecule has 1 aromatic heterocycles. The normalized spacial score (nSPS) is 12.0. The number of nitrogens with two attached hydrogens (primary N) is 1. The van der Waals surface area contributed by atoms with Crippen LogP contribution < -0.4 is 16.4 Å². The number of hydrogen-bond acceptors (Lipinski definition) is 2. The average Bonchev–Trinajstić information content (AvgIpc) is 3.13. The van der Waals surface area contributed by atoms with Gasteiger partial charge in [-0.15, -0.1) is 0 Å². The number of hydrogen-bond donors (Lipinski definition) is 4. The van der Waals surface area contributed by atoms with Crippen molar-refractivity contribution < 1.29 is 9.59 Å². The molecule has 0 radical (unpaired) electrons. The van der Waals surface area contributed by atoms with E-state index in [1.165, 1.54) is 0 Å². The Morgan fingerprint density at radius 3 is 2.52 bits per heavy atom. The maximum absolute atomic E-state index is 12.4. The fourth-order valence-corrected chi connectivity index (χ4v) is 3.14. The Labute approximate surface area is 155 Å². The fourth-order valence-electron chi connectivity index (χ4n) is 3.14. The Bertz CT molecular complexity index is 1150. The van der Waals surface area contributed by atoms with E-state index in [1.54, 1.807) is 12.1 Å². The maximum Gasteiger partial charge on any atom is 0.320 e. The average molecular weight is 358 g/mol. The van der Waals surface area contributed by atoms with Crippen LogP contribution >= 0.6 is 0 Å². The van der Waals surface area contributed by atoms with Crippen molar-refractivity contribution in [2.45, 2.75) is 6.04 Å². The summed E-state index contributed by atoms with van der Waals surface area (Å²) in [5, 5.41) is 8.40. The van der Waals surface area contributed by atoms with Gasteiger partial charge in [0.25, 0.3) is 0 Å². The number of fused-ring (bicyclic) bond motifs is 2. The van der Waals surface area contributed by atoms with Gasteiger partial charge in [0.05, 0.1) is 0 Å². The molecule has 0 aliphatic carbocycles. The summed E-state index contributed by atoms with van der Waals surface area (Å²) in [4.78, 5) is 27.4. The molecule has 134 valence electrons. The standard InChI is InChI=1S/C21H18N4O2/c22-20(26)19(16-6-5-13-3-1-2-4-14(13)11-16)25-21(27)24-17-7-8-18-15(12-17)9-10-23-18/h1-12,19,23H,(H2,22,26)(H2,24,25,27). The molecule has 5 N–H and O–H groups in total. The van der Waals surface area contributed by atoms with Crippen molar-refractivity contribution in [1.29, 1.82) is 0 Å². The molecule has 0 aliphatic rings. The highest BCUT2D eigenvalue weighted by Crippen LogP contribution is 2.21. The Morgan fingerprint density at radius 2 is 1.70 bits per heavy atom. The van der Waals surface area contributed by atoms with Crippen LogP contribution in [0.5, 0.6) is 0 Å². The van der Waals surface area contributed by atoms with Crippen molar-refractivity contribution in [3.63, 3.8) is 0 Å². The lowest BCUT2D eigenvalue weighted by Gasteiger charge is -2.17. The van der Waals surface area contributed by atoms with Gasteiger partial charge in [-0.05, 0) is 46.7 Å². The number of carbonyl (C=O) groups is 2. The number of urea groups is 1. The van der Waals surface area contributed by atoms with E-state index >= 15 is 0 Å². The molecular weight excluding hydrogens is 340 g/mol. The summed E-state index contributed by atoms with van der Waals surface area (Å²) in [6.07, 6.45) is 1.83. The number of aromatic amines is 1. The van der Waals surface area contributed by atoms with E-state index < -0.39 is 18.0 Å². The van der Waals surface area contributed by atoms with Crippen LogP contribution in [-0.2, 0) is 4.79 Å². The molecule has 27 heavy (non-hydrogen) atoms. The molecule has 4 aromatic rings. The van der Waals surface area contributed by atoms with Gasteiger partial charge in [0.1, 0.15) is 6.04 Å². The number of H-pyrrole nitrogens is 1. The molecule has 3 amide bonds. The van der Waals surface area contributed by atoms with E-state index in [0.29, 0.717) is 11.3 Å². The zero-order valence-electron chi connectivity index (χ0n) is 14.4. The molecule has 0 saturated carbocycles. The van der Waals surface area contributed by atoms with Crippen molar-refractivity contribution in [3.05, 3.63) is 78.5 Å². The van der Waals surface area contributed by atoms with Gasteiger partial charge < -0.3 is 21.4 Å². The first-order valence-electron chi connectivity index (χ1n) is 8.53. The van der Waals surface area contributed by atoms with Gasteiger partial charge in [0.2, 0.25) is 5.91 Å². The summed E-state index contributed by atoms with van der Waals surface area (Å²) < 4.78 is 0. The lowest BCUT2D eigenvalue weighted by molar-refractivity contribution is -0.119. The molecule has 3 aromatic carbocycles. The van der Waals surface area contributed by atoms with Gasteiger partial charge in [0, 0.05) is 22.8 Å². The third-order valence-electron chi connectivity index (χ3n) is 4.48. The summed E-state index contributed by atoms with van der Waals surface area (Å²) in [6.45, 7) is 0. The Balaban J connectivity index is 1.54. The predicted octanol–water partition coefficient (Wildman–Crippen LogP) is 3.67. The summed E-state index contributed by atoms with van der Waals surface area (Å²) in [5.41, 5.74) is 7.77. The highest BCUT2D eigenvalue weighted by atomic mass is 16.2. The van der Waals surface area contributed by atoms with Gasteiger partial charge in [-0.2, -0.15) is 0 Å². The number of primary amides is 1. The third-order valence-corrected chi connectivity index (χ3v) is 4.48. The van der Waals surface area contributed by atoms with Gasteiger partial charge in [0.15, 0.2) is 0 Å². The lowest BCUT2D eigenvalue weighted by Crippen LogP contribution is -2.39. The second-order valence-electron chi connectivity index (χ2n) is 6.32. The highest BCUT2D eigenvalue weighted by Gasteiger charge is 2.20. The number of rotatable bonds is 4. The second-order valence-corrected chi connectivity index (χ2v) is 6.32. The monoisotopic (exact) mass is 358 g/mol. The van der Waals surface area contributed by atoms with Crippen molar-refractivity contribution in [2.24, 2.45) is 5.73 Å². The number of carbonyl (C=O) groups excluding carboxylic acids is 2. The first-order valence-corrected chi connectivity index (χ1v) is 8.53. The zero-order chi connectivity index (χ0) is 18.8. The zero-order valence-corrected chi connectivity index (χ0v) is 14.4. The quantitative estimate of drug-likeness (QED) is 0.447. The van der Waals surface area contributed by atoms with Crippen molar-refractivity contribution in [1.82, 2.24) is 10.3 Å². The van der Waals surface area contributed by atoms with Crippen LogP contribution in [0.25, 0.3) is 21.7 Å². The fraction of sp³-hybridized carbons (Fsp3) is 0.0476. The van der Waals surface area contributed by atoms with Crippen LogP contribution in [0.2, 0.25) is 0 Å². The van der Waals surface area contributed by atoms with Crippen molar-refractivity contribution >= 4 is 39.3 Å². The second kappa shape index (κ2) is 6.84. The molecule has 0 fully saturated rings. The van der Waals surface area contributed by atoms with Crippen LogP contribution in [0.1, 0.15) is 11.6 Å². The molecular formula is C21H18N4O2. The van der Waals surface area contributed by atoms with E-state index in [9.17, 15) is 9.59 Å². The van der Waals surface area contributed by atoms with Crippen LogP contribution in [-0.4, -0.2) is 16.9 Å². The molecule has 0 spiro atoms. The van der Waals surface area contributed by atoms with Crippen LogP contribution in [0.15, 0.2) is 72.9 Å².